The zero-order valence-electron chi connectivity index (χ0n) is 9.11. The topological polar surface area (TPSA) is 71.1 Å². The van der Waals surface area contributed by atoms with Gasteiger partial charge in [-0.1, -0.05) is 25.7 Å². The molecule has 6 heteroatoms. The molecule has 0 atom stereocenters. The standard InChI is InChI=1S/C10H16O6/c11-9-7-5-3-1-2-4-6-8-10(12)14-16-15-13-9/h1-8H2. The van der Waals surface area contributed by atoms with Crippen LogP contribution in [0.5, 0.6) is 0 Å². The molecule has 0 unspecified atom stereocenters. The van der Waals surface area contributed by atoms with Gasteiger partial charge in [0.05, 0.1) is 0 Å². The molecular formula is C10H16O6. The van der Waals surface area contributed by atoms with E-state index >= 15 is 0 Å². The minimum atomic E-state index is -0.534. The van der Waals surface area contributed by atoms with Crippen molar-refractivity contribution in [1.82, 2.24) is 0 Å². The summed E-state index contributed by atoms with van der Waals surface area (Å²) in [5.41, 5.74) is 0. The maximum atomic E-state index is 11.0. The average molecular weight is 232 g/mol. The lowest BCUT2D eigenvalue weighted by molar-refractivity contribution is -0.600. The van der Waals surface area contributed by atoms with Crippen LogP contribution >= 0.6 is 0 Å². The second-order valence-corrected chi connectivity index (χ2v) is 3.67. The summed E-state index contributed by atoms with van der Waals surface area (Å²) in [4.78, 5) is 30.3. The van der Waals surface area contributed by atoms with Crippen LogP contribution in [-0.2, 0) is 29.4 Å². The molecule has 0 bridgehead atoms. The molecule has 0 aromatic heterocycles. The van der Waals surface area contributed by atoms with Gasteiger partial charge >= 0.3 is 11.9 Å². The van der Waals surface area contributed by atoms with E-state index in [0.29, 0.717) is 0 Å². The first-order valence-electron chi connectivity index (χ1n) is 5.52. The van der Waals surface area contributed by atoms with Crippen molar-refractivity contribution in [2.75, 3.05) is 0 Å². The molecule has 0 radical (unpaired) electrons. The Bertz CT molecular complexity index is 203. The van der Waals surface area contributed by atoms with E-state index < -0.39 is 11.9 Å². The number of hydrogen-bond acceptors (Lipinski definition) is 6. The van der Waals surface area contributed by atoms with Crippen molar-refractivity contribution >= 4 is 11.9 Å². The molecule has 1 aliphatic rings. The van der Waals surface area contributed by atoms with E-state index in [4.69, 9.17) is 0 Å². The molecule has 1 heterocycles. The average Bonchev–Trinajstić information content (AvgIpc) is 2.27. The molecule has 1 aliphatic heterocycles. The van der Waals surface area contributed by atoms with E-state index in [1.165, 1.54) is 0 Å². The van der Waals surface area contributed by atoms with E-state index in [1.807, 2.05) is 0 Å². The molecule has 0 aliphatic carbocycles. The van der Waals surface area contributed by atoms with Gasteiger partial charge in [-0.15, -0.1) is 0 Å². The fourth-order valence-electron chi connectivity index (χ4n) is 1.43. The fraction of sp³-hybridized carbons (Fsp3) is 0.800. The predicted molar refractivity (Wildman–Crippen MR) is 51.3 cm³/mol. The largest absolute Gasteiger partial charge is 0.345 e. The molecule has 0 spiro atoms. The molecule has 0 saturated carbocycles. The van der Waals surface area contributed by atoms with E-state index in [0.717, 1.165) is 38.5 Å². The molecule has 0 amide bonds. The molecule has 16 heavy (non-hydrogen) atoms. The quantitative estimate of drug-likeness (QED) is 0.595. The first kappa shape index (κ1) is 12.9. The van der Waals surface area contributed by atoms with Crippen LogP contribution in [0, 0.1) is 0 Å². The fourth-order valence-corrected chi connectivity index (χ4v) is 1.43. The Morgan fingerprint density at radius 3 is 1.44 bits per heavy atom. The van der Waals surface area contributed by atoms with Gasteiger partial charge in [-0.05, 0) is 12.8 Å². The Morgan fingerprint density at radius 1 is 0.625 bits per heavy atom. The molecule has 0 aromatic rings. The van der Waals surface area contributed by atoms with Gasteiger partial charge in [-0.25, -0.2) is 9.59 Å². The molecule has 6 nitrogen and oxygen atoms in total. The van der Waals surface area contributed by atoms with Crippen LogP contribution in [-0.4, -0.2) is 11.9 Å². The summed E-state index contributed by atoms with van der Waals surface area (Å²) in [5.74, 6) is -1.07. The maximum absolute atomic E-state index is 11.0. The third-order valence-electron chi connectivity index (χ3n) is 2.29. The van der Waals surface area contributed by atoms with Crippen LogP contribution < -0.4 is 0 Å². The van der Waals surface area contributed by atoms with Gasteiger partial charge < -0.3 is 0 Å². The highest BCUT2D eigenvalue weighted by Crippen LogP contribution is 2.10. The first-order chi connectivity index (χ1) is 7.79. The summed E-state index contributed by atoms with van der Waals surface area (Å²) >= 11 is 0. The lowest BCUT2D eigenvalue weighted by atomic mass is 10.1. The minimum Gasteiger partial charge on any atom is -0.266 e. The number of carbonyl (C=O) groups is 2. The second-order valence-electron chi connectivity index (χ2n) is 3.67. The minimum absolute atomic E-state index is 0.275. The van der Waals surface area contributed by atoms with Gasteiger partial charge in [0.2, 0.25) is 0 Å². The SMILES string of the molecule is O=C1CCCCCCCCC(=O)OOOO1. The summed E-state index contributed by atoms with van der Waals surface area (Å²) in [6, 6.07) is 0. The van der Waals surface area contributed by atoms with Gasteiger partial charge in [0.25, 0.3) is 0 Å². The van der Waals surface area contributed by atoms with E-state index in [-0.39, 0.29) is 12.8 Å². The summed E-state index contributed by atoms with van der Waals surface area (Å²) in [5, 5.41) is 7.94. The third kappa shape index (κ3) is 6.36. The Hall–Kier alpha value is -1.14. The maximum Gasteiger partial charge on any atom is 0.345 e. The number of hydrogen-bond donors (Lipinski definition) is 0. The zero-order chi connectivity index (χ0) is 11.6. The van der Waals surface area contributed by atoms with E-state index in [9.17, 15) is 9.59 Å². The highest BCUT2D eigenvalue weighted by Gasteiger charge is 2.09. The van der Waals surface area contributed by atoms with Crippen molar-refractivity contribution in [3.8, 4) is 0 Å². The zero-order valence-corrected chi connectivity index (χ0v) is 9.11. The van der Waals surface area contributed by atoms with E-state index in [1.54, 1.807) is 0 Å². The van der Waals surface area contributed by atoms with Crippen molar-refractivity contribution in [3.05, 3.63) is 0 Å². The Morgan fingerprint density at radius 2 is 1.00 bits per heavy atom. The van der Waals surface area contributed by atoms with Crippen LogP contribution in [0.4, 0.5) is 0 Å². The molecule has 92 valence electrons. The molecular weight excluding hydrogens is 216 g/mol. The van der Waals surface area contributed by atoms with Crippen LogP contribution in [0.2, 0.25) is 0 Å². The molecule has 0 N–H and O–H groups in total. The van der Waals surface area contributed by atoms with Gasteiger partial charge in [0.15, 0.2) is 0 Å². The highest BCUT2D eigenvalue weighted by molar-refractivity contribution is 5.69. The number of rotatable bonds is 0. The van der Waals surface area contributed by atoms with Gasteiger partial charge in [0, 0.05) is 22.9 Å². The van der Waals surface area contributed by atoms with Gasteiger partial charge in [-0.2, -0.15) is 0 Å². The summed E-state index contributed by atoms with van der Waals surface area (Å²) < 4.78 is 0. The van der Waals surface area contributed by atoms with Gasteiger partial charge in [-0.3, -0.25) is 9.78 Å². The van der Waals surface area contributed by atoms with Gasteiger partial charge in [0.1, 0.15) is 0 Å². The Labute approximate surface area is 93.6 Å². The van der Waals surface area contributed by atoms with Crippen molar-refractivity contribution < 1.29 is 29.4 Å². The van der Waals surface area contributed by atoms with Crippen molar-refractivity contribution in [3.63, 3.8) is 0 Å². The second kappa shape index (κ2) is 8.06. The van der Waals surface area contributed by atoms with Crippen LogP contribution in [0.1, 0.15) is 51.4 Å². The highest BCUT2D eigenvalue weighted by atomic mass is 17.7. The smallest absolute Gasteiger partial charge is 0.266 e. The Balaban J connectivity index is 2.24. The van der Waals surface area contributed by atoms with Crippen LogP contribution in [0.25, 0.3) is 0 Å². The van der Waals surface area contributed by atoms with Crippen LogP contribution in [0.15, 0.2) is 0 Å². The van der Waals surface area contributed by atoms with Crippen molar-refractivity contribution in [2.45, 2.75) is 51.4 Å². The molecule has 1 rings (SSSR count). The predicted octanol–water partition coefficient (Wildman–Crippen LogP) is 1.99. The molecule has 1 saturated heterocycles. The first-order valence-corrected chi connectivity index (χ1v) is 5.52. The molecule has 1 fully saturated rings. The normalized spacial score (nSPS) is 21.8. The Kier molecular flexibility index (Phi) is 6.52. The van der Waals surface area contributed by atoms with Crippen LogP contribution in [0.3, 0.4) is 0 Å². The number of carbonyl (C=O) groups excluding carboxylic acids is 2. The lowest BCUT2D eigenvalue weighted by Gasteiger charge is -2.04. The summed E-state index contributed by atoms with van der Waals surface area (Å²) in [6.07, 6.45) is 6.14. The van der Waals surface area contributed by atoms with Crippen molar-refractivity contribution in [1.29, 1.82) is 0 Å². The van der Waals surface area contributed by atoms with E-state index in [2.05, 4.69) is 19.9 Å². The lowest BCUT2D eigenvalue weighted by Crippen LogP contribution is -2.10. The monoisotopic (exact) mass is 232 g/mol. The van der Waals surface area contributed by atoms with Crippen molar-refractivity contribution in [2.24, 2.45) is 0 Å². The molecule has 0 aromatic carbocycles. The summed E-state index contributed by atoms with van der Waals surface area (Å²) in [7, 11) is 0. The summed E-state index contributed by atoms with van der Waals surface area (Å²) in [6.45, 7) is 0. The third-order valence-corrected chi connectivity index (χ3v) is 2.29.